The predicted molar refractivity (Wildman–Crippen MR) is 84.2 cm³/mol. The minimum absolute atomic E-state index is 0. The fourth-order valence-electron chi connectivity index (χ4n) is 1.82. The minimum atomic E-state index is 0. The van der Waals surface area contributed by atoms with E-state index in [9.17, 15) is 0 Å². The Labute approximate surface area is 160 Å². The number of aromatic nitrogens is 3. The number of nitrogens with zero attached hydrogens (tertiary/aromatic N) is 3. The smallest absolute Gasteiger partial charge is 0.347 e. The first-order valence-electron chi connectivity index (χ1n) is 6.54. The molecule has 1 atom stereocenters. The molecule has 0 spiro atoms. The predicted octanol–water partition coefficient (Wildman–Crippen LogP) is 4.42. The van der Waals surface area contributed by atoms with E-state index in [0.29, 0.717) is 5.95 Å². The zero-order valence-corrected chi connectivity index (χ0v) is 17.1. The summed E-state index contributed by atoms with van der Waals surface area (Å²) in [6, 6.07) is 4.12. The molecule has 4 nitrogen and oxygen atoms in total. The van der Waals surface area contributed by atoms with Crippen LogP contribution in [0.2, 0.25) is 4.34 Å². The summed E-state index contributed by atoms with van der Waals surface area (Å²) in [5, 5.41) is 3.37. The van der Waals surface area contributed by atoms with Crippen LogP contribution in [0, 0.1) is 12.8 Å². The van der Waals surface area contributed by atoms with Crippen LogP contribution in [0.1, 0.15) is 49.8 Å². The monoisotopic (exact) mass is 398 g/mol. The summed E-state index contributed by atoms with van der Waals surface area (Å²) in [7, 11) is 0. The number of thiophene rings is 1. The molecule has 0 amide bonds. The average molecular weight is 399 g/mol. The first-order chi connectivity index (χ1) is 9.49. The molecule has 0 fully saturated rings. The van der Waals surface area contributed by atoms with Gasteiger partial charge in [0.05, 0.1) is 10.4 Å². The molecule has 108 valence electrons. The van der Waals surface area contributed by atoms with Crippen LogP contribution in [0.15, 0.2) is 12.1 Å². The van der Waals surface area contributed by atoms with E-state index in [2.05, 4.69) is 27.2 Å². The zero-order valence-electron chi connectivity index (χ0n) is 12.6. The van der Waals surface area contributed by atoms with Crippen LogP contribution in [0.4, 0.5) is 5.95 Å². The number of halogens is 1. The maximum Gasteiger partial charge on any atom is 3.00 e. The molecule has 0 saturated carbocycles. The van der Waals surface area contributed by atoms with Crippen molar-refractivity contribution < 1.29 is 32.7 Å². The standard InChI is InChI=1S/C14H18ClN4S.Y/c1-5-10(11-6-7-12(15)20-11)18-14-17-9(4)16-13(19-14)8(2)3;/h6-7,10H,5H2,1-4H3,(H,16,17,18,19);/q-1;+3. The Bertz CT molecular complexity index is 588. The van der Waals surface area contributed by atoms with Crippen LogP contribution in [0.5, 0.6) is 0 Å². The molecule has 1 unspecified atom stereocenters. The second kappa shape index (κ2) is 8.42. The van der Waals surface area contributed by atoms with E-state index < -0.39 is 0 Å². The molecular weight excluding hydrogens is 381 g/mol. The van der Waals surface area contributed by atoms with Crippen molar-refractivity contribution in [3.63, 3.8) is 0 Å². The summed E-state index contributed by atoms with van der Waals surface area (Å²) in [5.74, 6) is 3.15. The molecule has 0 bridgehead atoms. The summed E-state index contributed by atoms with van der Waals surface area (Å²) in [6.07, 6.45) is 0.936. The van der Waals surface area contributed by atoms with Gasteiger partial charge < -0.3 is 11.2 Å². The molecule has 1 N–H and O–H groups in total. The van der Waals surface area contributed by atoms with Crippen molar-refractivity contribution >= 4 is 28.9 Å². The molecule has 2 aromatic rings. The maximum atomic E-state index is 6.00. The molecule has 0 aliphatic carbocycles. The molecule has 0 aliphatic rings. The van der Waals surface area contributed by atoms with E-state index in [1.54, 1.807) is 11.3 Å². The Kier molecular flexibility index (Phi) is 7.54. The molecule has 7 heteroatoms. The second-order valence-electron chi connectivity index (χ2n) is 4.78. The normalized spacial score (nSPS) is 11.7. The Balaban J connectivity index is 0.00000220. The van der Waals surface area contributed by atoms with E-state index in [0.717, 1.165) is 28.3 Å². The van der Waals surface area contributed by atoms with Gasteiger partial charge in [-0.2, -0.15) is 18.8 Å². The quantitative estimate of drug-likeness (QED) is 0.758. The zero-order chi connectivity index (χ0) is 14.7. The van der Waals surface area contributed by atoms with Crippen molar-refractivity contribution in [3.8, 4) is 0 Å². The fraction of sp³-hybridized carbons (Fsp3) is 0.429. The minimum Gasteiger partial charge on any atom is -0.347 e. The third-order valence-electron chi connectivity index (χ3n) is 2.84. The van der Waals surface area contributed by atoms with E-state index >= 15 is 0 Å². The van der Waals surface area contributed by atoms with Gasteiger partial charge in [0.25, 0.3) is 0 Å². The van der Waals surface area contributed by atoms with Gasteiger partial charge in [0.15, 0.2) is 0 Å². The largest absolute Gasteiger partial charge is 3.00 e. The summed E-state index contributed by atoms with van der Waals surface area (Å²) in [4.78, 5) is 14.3. The molecule has 21 heavy (non-hydrogen) atoms. The molecule has 0 saturated heterocycles. The number of hydrogen-bond acceptors (Lipinski definition) is 5. The molecular formula is C14H18ClN4SY+2. The third kappa shape index (κ3) is 5.17. The van der Waals surface area contributed by atoms with Crippen molar-refractivity contribution in [2.24, 2.45) is 0 Å². The SMILES string of the molecule is CCC(Nc1nc(C)nc([C-](C)C)n1)c1ccc(Cl)s1.[Y+3]. The molecule has 0 aliphatic heterocycles. The summed E-state index contributed by atoms with van der Waals surface area (Å²) < 4.78 is 0.797. The van der Waals surface area contributed by atoms with Crippen molar-refractivity contribution in [2.75, 3.05) is 5.32 Å². The average Bonchev–Trinajstić information content (AvgIpc) is 2.81. The van der Waals surface area contributed by atoms with Gasteiger partial charge in [-0.25, -0.2) is 4.98 Å². The van der Waals surface area contributed by atoms with Gasteiger partial charge in [0.2, 0.25) is 5.95 Å². The molecule has 0 aromatic carbocycles. The summed E-state index contributed by atoms with van der Waals surface area (Å²) >= 11 is 7.58. The van der Waals surface area contributed by atoms with Crippen LogP contribution in [-0.4, -0.2) is 15.0 Å². The number of nitrogens with one attached hydrogen (secondary N) is 1. The van der Waals surface area contributed by atoms with Crippen molar-refractivity contribution in [3.05, 3.63) is 38.9 Å². The van der Waals surface area contributed by atoms with Crippen LogP contribution in [-0.2, 0) is 32.7 Å². The van der Waals surface area contributed by atoms with Crippen LogP contribution < -0.4 is 5.32 Å². The third-order valence-corrected chi connectivity index (χ3v) is 4.19. The van der Waals surface area contributed by atoms with Gasteiger partial charge in [-0.15, -0.1) is 11.3 Å². The first-order valence-corrected chi connectivity index (χ1v) is 7.74. The van der Waals surface area contributed by atoms with Gasteiger partial charge >= 0.3 is 32.7 Å². The number of hydrogen-bond donors (Lipinski definition) is 1. The van der Waals surface area contributed by atoms with Crippen molar-refractivity contribution in [2.45, 2.75) is 40.2 Å². The first kappa shape index (κ1) is 18.8. The molecule has 2 heterocycles. The number of aryl methyl sites for hydroxylation is 1. The summed E-state index contributed by atoms with van der Waals surface area (Å²) in [5.41, 5.74) is 0. The second-order valence-corrected chi connectivity index (χ2v) is 6.52. The van der Waals surface area contributed by atoms with Crippen molar-refractivity contribution in [1.29, 1.82) is 0 Å². The van der Waals surface area contributed by atoms with Gasteiger partial charge in [0, 0.05) is 10.7 Å². The van der Waals surface area contributed by atoms with E-state index in [-0.39, 0.29) is 38.8 Å². The van der Waals surface area contributed by atoms with Crippen LogP contribution in [0.3, 0.4) is 0 Å². The molecule has 0 radical (unpaired) electrons. The Morgan fingerprint density at radius 1 is 1.29 bits per heavy atom. The van der Waals surface area contributed by atoms with Gasteiger partial charge in [-0.05, 0) is 25.5 Å². The van der Waals surface area contributed by atoms with Gasteiger partial charge in [0.1, 0.15) is 5.82 Å². The Hall–Kier alpha value is -0.226. The topological polar surface area (TPSA) is 50.7 Å². The van der Waals surface area contributed by atoms with E-state index in [4.69, 9.17) is 11.6 Å². The fourth-order valence-corrected chi connectivity index (χ4v) is 3.01. The van der Waals surface area contributed by atoms with Gasteiger partial charge in [-0.3, -0.25) is 4.98 Å². The van der Waals surface area contributed by atoms with Crippen LogP contribution in [0.25, 0.3) is 0 Å². The Morgan fingerprint density at radius 3 is 2.52 bits per heavy atom. The summed E-state index contributed by atoms with van der Waals surface area (Å²) in [6.45, 7) is 7.99. The number of anilines is 1. The van der Waals surface area contributed by atoms with Crippen molar-refractivity contribution in [1.82, 2.24) is 15.0 Å². The molecule has 2 aromatic heterocycles. The van der Waals surface area contributed by atoms with Gasteiger partial charge in [-0.1, -0.05) is 18.5 Å². The van der Waals surface area contributed by atoms with E-state index in [1.807, 2.05) is 32.9 Å². The van der Waals surface area contributed by atoms with Crippen LogP contribution >= 0.6 is 22.9 Å². The Morgan fingerprint density at radius 2 is 2.00 bits per heavy atom. The maximum absolute atomic E-state index is 6.00. The molecule has 2 rings (SSSR count). The number of rotatable bonds is 5. The van der Waals surface area contributed by atoms with E-state index in [1.165, 1.54) is 4.88 Å².